The highest BCUT2D eigenvalue weighted by Gasteiger charge is 2.27. The number of carboxylic acid groups (broad SMARTS) is 1. The van der Waals surface area contributed by atoms with Gasteiger partial charge in [-0.05, 0) is 37.8 Å². The van der Waals surface area contributed by atoms with Gasteiger partial charge in [-0.1, -0.05) is 11.6 Å². The molecule has 0 spiro atoms. The summed E-state index contributed by atoms with van der Waals surface area (Å²) in [5.41, 5.74) is 1.11. The first-order valence-electron chi connectivity index (χ1n) is 7.21. The van der Waals surface area contributed by atoms with Crippen LogP contribution < -0.4 is 5.32 Å². The maximum Gasteiger partial charge on any atom is 0.306 e. The van der Waals surface area contributed by atoms with Crippen LogP contribution in [0, 0.1) is 5.92 Å². The lowest BCUT2D eigenvalue weighted by Crippen LogP contribution is -2.38. The number of amides is 1. The summed E-state index contributed by atoms with van der Waals surface area (Å²) >= 11 is 6.07. The predicted octanol–water partition coefficient (Wildman–Crippen LogP) is 2.59. The number of benzene rings is 1. The van der Waals surface area contributed by atoms with Crippen LogP contribution in [0.3, 0.4) is 0 Å². The Hall–Kier alpha value is -2.08. The molecule has 1 aromatic heterocycles. The zero-order chi connectivity index (χ0) is 15.7. The van der Waals surface area contributed by atoms with Crippen molar-refractivity contribution in [3.63, 3.8) is 0 Å². The molecule has 1 fully saturated rings. The molecule has 3 rings (SSSR count). The molecule has 0 radical (unpaired) electrons. The quantitative estimate of drug-likeness (QED) is 0.809. The monoisotopic (exact) mass is 321 g/mol. The molecular weight excluding hydrogens is 306 g/mol. The molecule has 0 bridgehead atoms. The van der Waals surface area contributed by atoms with E-state index >= 15 is 0 Å². The minimum Gasteiger partial charge on any atom is -0.481 e. The molecule has 0 saturated heterocycles. The first-order valence-corrected chi connectivity index (χ1v) is 7.59. The van der Waals surface area contributed by atoms with Gasteiger partial charge in [0.2, 0.25) is 0 Å². The fourth-order valence-corrected chi connectivity index (χ4v) is 3.15. The van der Waals surface area contributed by atoms with Gasteiger partial charge in [-0.2, -0.15) is 5.10 Å². The number of carbonyl (C=O) groups excluding carboxylic acids is 1. The summed E-state index contributed by atoms with van der Waals surface area (Å²) in [5, 5.41) is 19.9. The van der Waals surface area contributed by atoms with Crippen molar-refractivity contribution in [1.29, 1.82) is 0 Å². The molecule has 3 N–H and O–H groups in total. The van der Waals surface area contributed by atoms with Crippen molar-refractivity contribution in [2.75, 3.05) is 0 Å². The zero-order valence-electron chi connectivity index (χ0n) is 11.8. The standard InChI is InChI=1S/C15H16ClN3O3/c16-12-6-5-10(13-11(12)7-17-19-13)14(20)18-9-3-1-8(2-4-9)15(21)22/h5-9H,1-4H2,(H,17,19)(H,18,20)(H,21,22). The second-order valence-electron chi connectivity index (χ2n) is 5.61. The average molecular weight is 322 g/mol. The number of carboxylic acids is 1. The molecule has 0 unspecified atom stereocenters. The summed E-state index contributed by atoms with van der Waals surface area (Å²) in [6, 6.07) is 3.35. The molecule has 1 amide bonds. The first kappa shape index (κ1) is 14.8. The van der Waals surface area contributed by atoms with E-state index < -0.39 is 5.97 Å². The topological polar surface area (TPSA) is 95.1 Å². The Morgan fingerprint density at radius 3 is 2.68 bits per heavy atom. The lowest BCUT2D eigenvalue weighted by atomic mass is 9.86. The van der Waals surface area contributed by atoms with E-state index in [4.69, 9.17) is 16.7 Å². The third-order valence-electron chi connectivity index (χ3n) is 4.22. The number of nitrogens with zero attached hydrogens (tertiary/aromatic N) is 1. The molecule has 1 aromatic carbocycles. The smallest absolute Gasteiger partial charge is 0.306 e. The molecule has 116 valence electrons. The maximum absolute atomic E-state index is 12.4. The molecule has 7 heteroatoms. The van der Waals surface area contributed by atoms with Gasteiger partial charge in [-0.3, -0.25) is 14.7 Å². The van der Waals surface area contributed by atoms with E-state index in [1.54, 1.807) is 18.3 Å². The molecule has 0 atom stereocenters. The number of halogens is 1. The highest BCUT2D eigenvalue weighted by Crippen LogP contribution is 2.27. The molecule has 1 aliphatic carbocycles. The highest BCUT2D eigenvalue weighted by molar-refractivity contribution is 6.35. The molecule has 0 aliphatic heterocycles. The van der Waals surface area contributed by atoms with Crippen LogP contribution in [-0.4, -0.2) is 33.2 Å². The van der Waals surface area contributed by atoms with E-state index in [0.717, 1.165) is 0 Å². The Morgan fingerprint density at radius 2 is 2.00 bits per heavy atom. The third kappa shape index (κ3) is 2.78. The Kier molecular flexibility index (Phi) is 4.02. The van der Waals surface area contributed by atoms with Gasteiger partial charge in [0.25, 0.3) is 5.91 Å². The van der Waals surface area contributed by atoms with E-state index in [-0.39, 0.29) is 17.9 Å². The summed E-state index contributed by atoms with van der Waals surface area (Å²) in [6.07, 6.45) is 4.15. The van der Waals surface area contributed by atoms with Crippen LogP contribution in [-0.2, 0) is 4.79 Å². The number of carbonyl (C=O) groups is 2. The lowest BCUT2D eigenvalue weighted by molar-refractivity contribution is -0.142. The number of hydrogen-bond donors (Lipinski definition) is 3. The van der Waals surface area contributed by atoms with Crippen molar-refractivity contribution in [2.24, 2.45) is 5.92 Å². The second kappa shape index (κ2) is 5.96. The third-order valence-corrected chi connectivity index (χ3v) is 4.55. The van der Waals surface area contributed by atoms with Crippen LogP contribution >= 0.6 is 11.6 Å². The van der Waals surface area contributed by atoms with Crippen LogP contribution in [0.1, 0.15) is 36.0 Å². The summed E-state index contributed by atoms with van der Waals surface area (Å²) in [5.74, 6) is -1.23. The van der Waals surface area contributed by atoms with Crippen molar-refractivity contribution >= 4 is 34.4 Å². The van der Waals surface area contributed by atoms with E-state index in [1.165, 1.54) is 0 Å². The Morgan fingerprint density at radius 1 is 1.27 bits per heavy atom. The molecule has 6 nitrogen and oxygen atoms in total. The van der Waals surface area contributed by atoms with E-state index in [2.05, 4.69) is 15.5 Å². The van der Waals surface area contributed by atoms with Gasteiger partial charge in [0, 0.05) is 11.4 Å². The zero-order valence-corrected chi connectivity index (χ0v) is 12.6. The predicted molar refractivity (Wildman–Crippen MR) is 82.0 cm³/mol. The Bertz CT molecular complexity index is 720. The van der Waals surface area contributed by atoms with Gasteiger partial charge in [-0.25, -0.2) is 0 Å². The number of aromatic amines is 1. The number of aromatic nitrogens is 2. The molecule has 1 heterocycles. The summed E-state index contributed by atoms with van der Waals surface area (Å²) in [4.78, 5) is 23.4. The summed E-state index contributed by atoms with van der Waals surface area (Å²) in [7, 11) is 0. The van der Waals surface area contributed by atoms with E-state index in [0.29, 0.717) is 47.2 Å². The highest BCUT2D eigenvalue weighted by atomic mass is 35.5. The van der Waals surface area contributed by atoms with Crippen molar-refractivity contribution < 1.29 is 14.7 Å². The van der Waals surface area contributed by atoms with Gasteiger partial charge in [-0.15, -0.1) is 0 Å². The number of aliphatic carboxylic acids is 1. The van der Waals surface area contributed by atoms with E-state index in [9.17, 15) is 9.59 Å². The fourth-order valence-electron chi connectivity index (χ4n) is 2.94. The fraction of sp³-hybridized carbons (Fsp3) is 0.400. The summed E-state index contributed by atoms with van der Waals surface area (Å²) < 4.78 is 0. The average Bonchev–Trinajstić information content (AvgIpc) is 2.98. The number of nitrogens with one attached hydrogen (secondary N) is 2. The molecular formula is C15H16ClN3O3. The first-order chi connectivity index (χ1) is 10.6. The van der Waals surface area contributed by atoms with Crippen LogP contribution in [0.15, 0.2) is 18.3 Å². The minimum absolute atomic E-state index is 0.0109. The van der Waals surface area contributed by atoms with Crippen LogP contribution in [0.25, 0.3) is 10.9 Å². The van der Waals surface area contributed by atoms with Crippen LogP contribution in [0.2, 0.25) is 5.02 Å². The normalized spacial score (nSPS) is 21.7. The van der Waals surface area contributed by atoms with Crippen molar-refractivity contribution in [3.05, 3.63) is 28.9 Å². The molecule has 22 heavy (non-hydrogen) atoms. The van der Waals surface area contributed by atoms with Gasteiger partial charge >= 0.3 is 5.97 Å². The molecule has 1 saturated carbocycles. The number of rotatable bonds is 3. The number of fused-ring (bicyclic) bond motifs is 1. The number of H-pyrrole nitrogens is 1. The van der Waals surface area contributed by atoms with Crippen LogP contribution in [0.4, 0.5) is 0 Å². The lowest BCUT2D eigenvalue weighted by Gasteiger charge is -2.26. The molecule has 2 aromatic rings. The number of hydrogen-bond acceptors (Lipinski definition) is 3. The SMILES string of the molecule is O=C(NC1CCC(C(=O)O)CC1)c1ccc(Cl)c2cn[nH]c12. The van der Waals surface area contributed by atoms with Crippen molar-refractivity contribution in [1.82, 2.24) is 15.5 Å². The van der Waals surface area contributed by atoms with Crippen molar-refractivity contribution in [2.45, 2.75) is 31.7 Å². The van der Waals surface area contributed by atoms with E-state index in [1.807, 2.05) is 0 Å². The Labute approximate surface area is 131 Å². The van der Waals surface area contributed by atoms with Crippen LogP contribution in [0.5, 0.6) is 0 Å². The second-order valence-corrected chi connectivity index (χ2v) is 6.02. The van der Waals surface area contributed by atoms with Gasteiger partial charge < -0.3 is 10.4 Å². The minimum atomic E-state index is -0.748. The molecule has 1 aliphatic rings. The Balaban J connectivity index is 1.71. The van der Waals surface area contributed by atoms with Crippen molar-refractivity contribution in [3.8, 4) is 0 Å². The maximum atomic E-state index is 12.4. The van der Waals surface area contributed by atoms with Gasteiger partial charge in [0.1, 0.15) is 0 Å². The van der Waals surface area contributed by atoms with Gasteiger partial charge in [0.15, 0.2) is 0 Å². The largest absolute Gasteiger partial charge is 0.481 e. The van der Waals surface area contributed by atoms with Gasteiger partial charge in [0.05, 0.1) is 28.2 Å². The summed E-state index contributed by atoms with van der Waals surface area (Å²) in [6.45, 7) is 0.